The molecule has 21 heavy (non-hydrogen) atoms. The highest BCUT2D eigenvalue weighted by Gasteiger charge is 2.12. The van der Waals surface area contributed by atoms with Crippen LogP contribution in [-0.4, -0.2) is 30.9 Å². The number of aromatic nitrogens is 2. The van der Waals surface area contributed by atoms with Crippen molar-refractivity contribution in [2.45, 2.75) is 32.4 Å². The van der Waals surface area contributed by atoms with Gasteiger partial charge in [-0.05, 0) is 44.7 Å². The molecule has 1 aromatic heterocycles. The third-order valence-electron chi connectivity index (χ3n) is 3.77. The van der Waals surface area contributed by atoms with Gasteiger partial charge >= 0.3 is 0 Å². The molecule has 0 amide bonds. The van der Waals surface area contributed by atoms with Crippen LogP contribution >= 0.6 is 0 Å². The Morgan fingerprint density at radius 1 is 1.14 bits per heavy atom. The van der Waals surface area contributed by atoms with Crippen LogP contribution in [0.2, 0.25) is 0 Å². The Balaban J connectivity index is 2.11. The largest absolute Gasteiger partial charge is 0.378 e. The van der Waals surface area contributed by atoms with Gasteiger partial charge in [-0.15, -0.1) is 0 Å². The first-order valence-electron chi connectivity index (χ1n) is 7.50. The normalized spacial score (nSPS) is 12.7. The Hall–Kier alpha value is -1.81. The summed E-state index contributed by atoms with van der Waals surface area (Å²) in [5, 5.41) is 8.03. The van der Waals surface area contributed by atoms with Crippen molar-refractivity contribution in [3.8, 4) is 0 Å². The first-order chi connectivity index (χ1) is 10.0. The molecule has 0 spiro atoms. The van der Waals surface area contributed by atoms with E-state index >= 15 is 0 Å². The predicted octanol–water partition coefficient (Wildman–Crippen LogP) is 3.03. The fraction of sp³-hybridized carbons (Fsp3) is 0.471. The van der Waals surface area contributed by atoms with Crippen LogP contribution in [0.15, 0.2) is 36.5 Å². The SMILES string of the molecule is CNC(Cc1ccn(C(C)C)n1)c1ccc(N(C)C)cc1. The molecule has 0 aliphatic heterocycles. The molecule has 1 atom stereocenters. The number of nitrogens with zero attached hydrogens (tertiary/aromatic N) is 3. The molecule has 1 N–H and O–H groups in total. The monoisotopic (exact) mass is 286 g/mol. The lowest BCUT2D eigenvalue weighted by molar-refractivity contribution is 0.515. The Labute approximate surface area is 127 Å². The second-order valence-electron chi connectivity index (χ2n) is 5.91. The Kier molecular flexibility index (Phi) is 5.02. The van der Waals surface area contributed by atoms with Crippen LogP contribution < -0.4 is 10.2 Å². The average Bonchev–Trinajstić information content (AvgIpc) is 2.93. The lowest BCUT2D eigenvalue weighted by Crippen LogP contribution is -2.19. The van der Waals surface area contributed by atoms with E-state index in [9.17, 15) is 0 Å². The molecule has 0 saturated heterocycles. The summed E-state index contributed by atoms with van der Waals surface area (Å²) in [5.41, 5.74) is 3.64. The van der Waals surface area contributed by atoms with Crippen LogP contribution in [0.25, 0.3) is 0 Å². The van der Waals surface area contributed by atoms with E-state index in [1.807, 2.05) is 11.7 Å². The molecule has 0 saturated carbocycles. The van der Waals surface area contributed by atoms with Crippen molar-refractivity contribution >= 4 is 5.69 Å². The lowest BCUT2D eigenvalue weighted by atomic mass is 10.0. The van der Waals surface area contributed by atoms with E-state index in [1.165, 1.54) is 11.3 Å². The van der Waals surface area contributed by atoms with Gasteiger partial charge in [0, 0.05) is 44.5 Å². The third-order valence-corrected chi connectivity index (χ3v) is 3.77. The van der Waals surface area contributed by atoms with Crippen molar-refractivity contribution in [1.29, 1.82) is 0 Å². The van der Waals surface area contributed by atoms with Crippen molar-refractivity contribution in [2.75, 3.05) is 26.0 Å². The van der Waals surface area contributed by atoms with Crippen LogP contribution in [-0.2, 0) is 6.42 Å². The first-order valence-corrected chi connectivity index (χ1v) is 7.50. The summed E-state index contributed by atoms with van der Waals surface area (Å²) in [5.74, 6) is 0. The van der Waals surface area contributed by atoms with Gasteiger partial charge in [0.25, 0.3) is 0 Å². The number of rotatable bonds is 6. The average molecular weight is 286 g/mol. The minimum Gasteiger partial charge on any atom is -0.378 e. The van der Waals surface area contributed by atoms with Gasteiger partial charge in [0.15, 0.2) is 0 Å². The van der Waals surface area contributed by atoms with Crippen LogP contribution in [0.3, 0.4) is 0 Å². The quantitative estimate of drug-likeness (QED) is 0.886. The number of hydrogen-bond donors (Lipinski definition) is 1. The first kappa shape index (κ1) is 15.6. The van der Waals surface area contributed by atoms with Gasteiger partial charge in [-0.1, -0.05) is 12.1 Å². The zero-order valence-corrected chi connectivity index (χ0v) is 13.7. The standard InChI is InChI=1S/C17H26N4/c1-13(2)21-11-10-15(19-21)12-17(18-3)14-6-8-16(9-7-14)20(4)5/h6-11,13,17-18H,12H2,1-5H3. The van der Waals surface area contributed by atoms with Crippen molar-refractivity contribution < 1.29 is 0 Å². The molecule has 2 rings (SSSR count). The van der Waals surface area contributed by atoms with E-state index in [4.69, 9.17) is 0 Å². The number of nitrogens with one attached hydrogen (secondary N) is 1. The molecule has 0 aliphatic rings. The molecule has 4 heteroatoms. The van der Waals surface area contributed by atoms with Gasteiger partial charge < -0.3 is 10.2 Å². The molecule has 0 aliphatic carbocycles. The second kappa shape index (κ2) is 6.76. The summed E-state index contributed by atoms with van der Waals surface area (Å²) in [4.78, 5) is 2.11. The lowest BCUT2D eigenvalue weighted by Gasteiger charge is -2.18. The van der Waals surface area contributed by atoms with Crippen molar-refractivity contribution in [3.63, 3.8) is 0 Å². The van der Waals surface area contributed by atoms with Crippen LogP contribution in [0.1, 0.15) is 37.2 Å². The molecule has 2 aromatic rings. The van der Waals surface area contributed by atoms with Gasteiger partial charge in [-0.2, -0.15) is 5.10 Å². The fourth-order valence-electron chi connectivity index (χ4n) is 2.37. The summed E-state index contributed by atoms with van der Waals surface area (Å²) in [6.07, 6.45) is 2.96. The van der Waals surface area contributed by atoms with E-state index in [0.29, 0.717) is 6.04 Å². The van der Waals surface area contributed by atoms with Gasteiger partial charge in [0.2, 0.25) is 0 Å². The highest BCUT2D eigenvalue weighted by Crippen LogP contribution is 2.21. The maximum atomic E-state index is 4.64. The molecule has 0 radical (unpaired) electrons. The van der Waals surface area contributed by atoms with Gasteiger partial charge in [0.05, 0.1) is 5.69 Å². The smallest absolute Gasteiger partial charge is 0.0643 e. The zero-order chi connectivity index (χ0) is 15.4. The van der Waals surface area contributed by atoms with Crippen molar-refractivity contribution in [2.24, 2.45) is 0 Å². The number of likely N-dealkylation sites (N-methyl/N-ethyl adjacent to an activating group) is 1. The number of hydrogen-bond acceptors (Lipinski definition) is 3. The molecule has 4 nitrogen and oxygen atoms in total. The van der Waals surface area contributed by atoms with Crippen LogP contribution in [0.4, 0.5) is 5.69 Å². The summed E-state index contributed by atoms with van der Waals surface area (Å²) in [6, 6.07) is 11.5. The topological polar surface area (TPSA) is 33.1 Å². The zero-order valence-electron chi connectivity index (χ0n) is 13.7. The Bertz CT molecular complexity index is 554. The highest BCUT2D eigenvalue weighted by molar-refractivity contribution is 5.46. The van der Waals surface area contributed by atoms with Crippen molar-refractivity contribution in [3.05, 3.63) is 47.8 Å². The highest BCUT2D eigenvalue weighted by atomic mass is 15.3. The summed E-state index contributed by atoms with van der Waals surface area (Å²) in [7, 11) is 6.12. The molecular weight excluding hydrogens is 260 g/mol. The van der Waals surface area contributed by atoms with Crippen LogP contribution in [0, 0.1) is 0 Å². The Morgan fingerprint density at radius 3 is 2.29 bits per heavy atom. The molecule has 0 bridgehead atoms. The van der Waals surface area contributed by atoms with Gasteiger partial charge in [-0.25, -0.2) is 0 Å². The minimum atomic E-state index is 0.289. The van der Waals surface area contributed by atoms with Gasteiger partial charge in [0.1, 0.15) is 0 Å². The molecule has 114 valence electrons. The van der Waals surface area contributed by atoms with E-state index in [1.54, 1.807) is 0 Å². The van der Waals surface area contributed by atoms with E-state index in [2.05, 4.69) is 79.8 Å². The maximum Gasteiger partial charge on any atom is 0.0643 e. The van der Waals surface area contributed by atoms with E-state index in [0.717, 1.165) is 12.1 Å². The Morgan fingerprint density at radius 2 is 1.81 bits per heavy atom. The van der Waals surface area contributed by atoms with Gasteiger partial charge in [-0.3, -0.25) is 4.68 Å². The van der Waals surface area contributed by atoms with Crippen molar-refractivity contribution in [1.82, 2.24) is 15.1 Å². The molecular formula is C17H26N4. The third kappa shape index (κ3) is 3.85. The maximum absolute atomic E-state index is 4.64. The molecule has 0 fully saturated rings. The molecule has 1 aromatic carbocycles. The fourth-order valence-corrected chi connectivity index (χ4v) is 2.37. The molecule has 1 unspecified atom stereocenters. The number of benzene rings is 1. The number of anilines is 1. The van der Waals surface area contributed by atoms with E-state index in [-0.39, 0.29) is 6.04 Å². The summed E-state index contributed by atoms with van der Waals surface area (Å²) < 4.78 is 2.01. The van der Waals surface area contributed by atoms with Crippen LogP contribution in [0.5, 0.6) is 0 Å². The summed E-state index contributed by atoms with van der Waals surface area (Å²) >= 11 is 0. The second-order valence-corrected chi connectivity index (χ2v) is 5.91. The minimum absolute atomic E-state index is 0.289. The predicted molar refractivity (Wildman–Crippen MR) is 88.9 cm³/mol. The summed E-state index contributed by atoms with van der Waals surface area (Å²) in [6.45, 7) is 4.29. The van der Waals surface area contributed by atoms with E-state index < -0.39 is 0 Å². The molecule has 1 heterocycles.